The molecule has 0 amide bonds. The van der Waals surface area contributed by atoms with Crippen molar-refractivity contribution in [2.75, 3.05) is 51.7 Å². The van der Waals surface area contributed by atoms with Gasteiger partial charge in [0.05, 0.1) is 6.61 Å². The molecule has 1 aromatic heterocycles. The van der Waals surface area contributed by atoms with Crippen LogP contribution in [0.5, 0.6) is 0 Å². The molecular formula is C19H34IN5OS2. The highest BCUT2D eigenvalue weighted by Gasteiger charge is 2.24. The second kappa shape index (κ2) is 14.0. The van der Waals surface area contributed by atoms with E-state index in [-0.39, 0.29) is 24.0 Å². The van der Waals surface area contributed by atoms with E-state index >= 15 is 0 Å². The van der Waals surface area contributed by atoms with Crippen LogP contribution in [0.3, 0.4) is 0 Å². The Labute approximate surface area is 194 Å². The van der Waals surface area contributed by atoms with Crippen LogP contribution in [0.2, 0.25) is 0 Å². The van der Waals surface area contributed by atoms with Crippen LogP contribution in [0.25, 0.3) is 0 Å². The fraction of sp³-hybridized carbons (Fsp3) is 0.789. The van der Waals surface area contributed by atoms with Gasteiger partial charge in [-0.3, -0.25) is 4.99 Å². The minimum atomic E-state index is 0. The molecule has 2 aliphatic rings. The van der Waals surface area contributed by atoms with E-state index in [2.05, 4.69) is 27.4 Å². The number of nitrogens with one attached hydrogen (secondary N) is 2. The normalized spacial score (nSPS) is 21.5. The molecule has 0 aliphatic carbocycles. The number of thioether (sulfide) groups is 1. The van der Waals surface area contributed by atoms with E-state index in [1.807, 2.05) is 23.3 Å². The number of halogens is 1. The van der Waals surface area contributed by atoms with Crippen LogP contribution >= 0.6 is 47.1 Å². The molecule has 0 saturated carbocycles. The van der Waals surface area contributed by atoms with Gasteiger partial charge in [-0.15, -0.1) is 35.3 Å². The summed E-state index contributed by atoms with van der Waals surface area (Å²) in [7, 11) is 0. The number of piperidine rings is 1. The predicted molar refractivity (Wildman–Crippen MR) is 130 cm³/mol. The van der Waals surface area contributed by atoms with Crippen LogP contribution < -0.4 is 10.6 Å². The summed E-state index contributed by atoms with van der Waals surface area (Å²) >= 11 is 3.53. The van der Waals surface area contributed by atoms with Crippen molar-refractivity contribution in [2.24, 2.45) is 10.9 Å². The van der Waals surface area contributed by atoms with E-state index in [0.29, 0.717) is 6.04 Å². The van der Waals surface area contributed by atoms with Gasteiger partial charge in [0.15, 0.2) is 5.96 Å². The van der Waals surface area contributed by atoms with Gasteiger partial charge >= 0.3 is 0 Å². The number of hydrogen-bond donors (Lipinski definition) is 2. The summed E-state index contributed by atoms with van der Waals surface area (Å²) in [6.45, 7) is 9.35. The maximum absolute atomic E-state index is 5.51. The Balaban J connectivity index is 0.00000280. The SMILES string of the molecule is CCNC(=NCCCSc1nccs1)NC1CCN(CC2CCOC2)CC1.I. The lowest BCUT2D eigenvalue weighted by molar-refractivity contribution is 0.150. The summed E-state index contributed by atoms with van der Waals surface area (Å²) in [5.41, 5.74) is 0. The lowest BCUT2D eigenvalue weighted by atomic mass is 10.0. The van der Waals surface area contributed by atoms with Crippen molar-refractivity contribution in [3.05, 3.63) is 11.6 Å². The van der Waals surface area contributed by atoms with Crippen LogP contribution in [0.4, 0.5) is 0 Å². The third-order valence-corrected chi connectivity index (χ3v) is 7.07. The van der Waals surface area contributed by atoms with Gasteiger partial charge < -0.3 is 20.3 Å². The standard InChI is InChI=1S/C19H33N5OS2.HI/c1-2-20-18(21-7-3-12-26-19-22-8-13-27-19)23-17-4-9-24(10-5-17)14-16-6-11-25-15-16;/h8,13,16-17H,2-7,9-12,14-15H2,1H3,(H2,20,21,23);1H. The maximum atomic E-state index is 5.51. The summed E-state index contributed by atoms with van der Waals surface area (Å²) in [5, 5.41) is 9.07. The van der Waals surface area contributed by atoms with Crippen molar-refractivity contribution in [1.29, 1.82) is 0 Å². The quantitative estimate of drug-likeness (QED) is 0.165. The summed E-state index contributed by atoms with van der Waals surface area (Å²) in [6, 6.07) is 0.531. The van der Waals surface area contributed by atoms with Crippen molar-refractivity contribution >= 4 is 53.0 Å². The molecule has 0 aromatic carbocycles. The highest BCUT2D eigenvalue weighted by atomic mass is 127. The van der Waals surface area contributed by atoms with Crippen LogP contribution in [-0.4, -0.2) is 73.6 Å². The molecule has 3 heterocycles. The smallest absolute Gasteiger partial charge is 0.191 e. The summed E-state index contributed by atoms with van der Waals surface area (Å²) in [4.78, 5) is 11.7. The van der Waals surface area contributed by atoms with Gasteiger partial charge in [0.2, 0.25) is 0 Å². The summed E-state index contributed by atoms with van der Waals surface area (Å²) in [5.74, 6) is 2.79. The molecule has 0 bridgehead atoms. The molecular weight excluding hydrogens is 505 g/mol. The third kappa shape index (κ3) is 8.73. The van der Waals surface area contributed by atoms with Crippen LogP contribution in [-0.2, 0) is 4.74 Å². The molecule has 160 valence electrons. The van der Waals surface area contributed by atoms with E-state index in [9.17, 15) is 0 Å². The Kier molecular flexibility index (Phi) is 12.1. The fourth-order valence-electron chi connectivity index (χ4n) is 3.56. The molecule has 1 atom stereocenters. The fourth-order valence-corrected chi connectivity index (χ4v) is 5.19. The zero-order valence-electron chi connectivity index (χ0n) is 16.8. The summed E-state index contributed by atoms with van der Waals surface area (Å²) in [6.07, 6.45) is 6.56. The van der Waals surface area contributed by atoms with Gasteiger partial charge in [-0.05, 0) is 38.5 Å². The van der Waals surface area contributed by atoms with Gasteiger partial charge in [0.1, 0.15) is 4.34 Å². The first kappa shape index (κ1) is 24.2. The predicted octanol–water partition coefficient (Wildman–Crippen LogP) is 3.30. The van der Waals surface area contributed by atoms with Crippen molar-refractivity contribution < 1.29 is 4.74 Å². The van der Waals surface area contributed by atoms with E-state index in [4.69, 9.17) is 9.73 Å². The lowest BCUT2D eigenvalue weighted by Gasteiger charge is -2.34. The van der Waals surface area contributed by atoms with Crippen LogP contribution in [0.1, 0.15) is 32.6 Å². The van der Waals surface area contributed by atoms with Gasteiger partial charge in [-0.2, -0.15) is 0 Å². The number of rotatable bonds is 9. The highest BCUT2D eigenvalue weighted by molar-refractivity contribution is 14.0. The molecule has 28 heavy (non-hydrogen) atoms. The number of hydrogen-bond acceptors (Lipinski definition) is 6. The zero-order chi connectivity index (χ0) is 18.7. The monoisotopic (exact) mass is 539 g/mol. The molecule has 1 unspecified atom stereocenters. The Hall–Kier alpha value is -0.100. The summed E-state index contributed by atoms with van der Waals surface area (Å²) < 4.78 is 6.66. The molecule has 0 spiro atoms. The van der Waals surface area contributed by atoms with Crippen molar-refractivity contribution in [1.82, 2.24) is 20.5 Å². The lowest BCUT2D eigenvalue weighted by Crippen LogP contribution is -2.49. The zero-order valence-corrected chi connectivity index (χ0v) is 20.7. The number of guanidine groups is 1. The molecule has 0 radical (unpaired) electrons. The van der Waals surface area contributed by atoms with E-state index in [1.54, 1.807) is 11.3 Å². The Morgan fingerprint density at radius 3 is 2.93 bits per heavy atom. The first-order valence-corrected chi connectivity index (χ1v) is 12.1. The second-order valence-corrected chi connectivity index (χ2v) is 9.45. The van der Waals surface area contributed by atoms with Gasteiger partial charge in [0.25, 0.3) is 0 Å². The number of nitrogens with zero attached hydrogens (tertiary/aromatic N) is 3. The molecule has 2 N–H and O–H groups in total. The Morgan fingerprint density at radius 1 is 1.39 bits per heavy atom. The Morgan fingerprint density at radius 2 is 2.25 bits per heavy atom. The minimum Gasteiger partial charge on any atom is -0.381 e. The molecule has 1 aromatic rings. The van der Waals surface area contributed by atoms with Crippen molar-refractivity contribution in [3.8, 4) is 0 Å². The average Bonchev–Trinajstić information content (AvgIpc) is 3.37. The van der Waals surface area contributed by atoms with Gasteiger partial charge in [-0.1, -0.05) is 11.8 Å². The highest BCUT2D eigenvalue weighted by Crippen LogP contribution is 2.20. The molecule has 6 nitrogen and oxygen atoms in total. The van der Waals surface area contributed by atoms with E-state index in [0.717, 1.165) is 54.7 Å². The van der Waals surface area contributed by atoms with Gasteiger partial charge in [0, 0.05) is 62.7 Å². The van der Waals surface area contributed by atoms with Crippen molar-refractivity contribution in [3.63, 3.8) is 0 Å². The van der Waals surface area contributed by atoms with E-state index < -0.39 is 0 Å². The van der Waals surface area contributed by atoms with Gasteiger partial charge in [-0.25, -0.2) is 4.98 Å². The molecule has 2 fully saturated rings. The third-order valence-electron chi connectivity index (χ3n) is 5.02. The first-order valence-electron chi connectivity index (χ1n) is 10.2. The number of aliphatic imine (C=N–C) groups is 1. The van der Waals surface area contributed by atoms with Crippen LogP contribution in [0.15, 0.2) is 20.9 Å². The van der Waals surface area contributed by atoms with Crippen molar-refractivity contribution in [2.45, 2.75) is 43.0 Å². The molecule has 3 rings (SSSR count). The maximum Gasteiger partial charge on any atom is 0.191 e. The van der Waals surface area contributed by atoms with Crippen LogP contribution in [0, 0.1) is 5.92 Å². The average molecular weight is 540 g/mol. The molecule has 9 heteroatoms. The van der Waals surface area contributed by atoms with E-state index in [1.165, 1.54) is 38.9 Å². The minimum absolute atomic E-state index is 0. The topological polar surface area (TPSA) is 61.8 Å². The molecule has 2 aliphatic heterocycles. The second-order valence-electron chi connectivity index (χ2n) is 7.21. The molecule has 2 saturated heterocycles. The number of aromatic nitrogens is 1. The number of ether oxygens (including phenoxy) is 1. The number of likely N-dealkylation sites (tertiary alicyclic amines) is 1. The largest absolute Gasteiger partial charge is 0.381 e. The first-order chi connectivity index (χ1) is 13.3. The number of thiazole rings is 1. The Bertz CT molecular complexity index is 547.